The van der Waals surface area contributed by atoms with E-state index in [0.29, 0.717) is 17.8 Å². The van der Waals surface area contributed by atoms with E-state index >= 15 is 0 Å². The van der Waals surface area contributed by atoms with Crippen LogP contribution in [0.2, 0.25) is 0 Å². The number of carbonyl (C=O) groups is 1. The molecule has 0 saturated heterocycles. The molecule has 2 aromatic rings. The van der Waals surface area contributed by atoms with Gasteiger partial charge in [-0.2, -0.15) is 0 Å². The molecule has 1 aliphatic carbocycles. The van der Waals surface area contributed by atoms with Gasteiger partial charge in [-0.1, -0.05) is 18.2 Å². The number of hydrogen-bond donors (Lipinski definition) is 0. The summed E-state index contributed by atoms with van der Waals surface area (Å²) in [7, 11) is 0. The van der Waals surface area contributed by atoms with Crippen molar-refractivity contribution >= 4 is 6.29 Å². The van der Waals surface area contributed by atoms with Crippen molar-refractivity contribution in [2.24, 2.45) is 0 Å². The van der Waals surface area contributed by atoms with E-state index in [4.69, 9.17) is 0 Å². The van der Waals surface area contributed by atoms with Crippen LogP contribution in [-0.2, 0) is 0 Å². The second-order valence-electron chi connectivity index (χ2n) is 4.56. The highest BCUT2D eigenvalue weighted by atomic mass is 19.1. The fourth-order valence-electron chi connectivity index (χ4n) is 2.09. The Bertz CT molecular complexity index is 588. The van der Waals surface area contributed by atoms with E-state index in [0.717, 1.165) is 11.3 Å². The number of hydrogen-bond acceptors (Lipinski definition) is 2. The van der Waals surface area contributed by atoms with Crippen molar-refractivity contribution < 1.29 is 9.18 Å². The van der Waals surface area contributed by atoms with Crippen LogP contribution in [0.25, 0.3) is 11.1 Å². The summed E-state index contributed by atoms with van der Waals surface area (Å²) in [5, 5.41) is 0. The van der Waals surface area contributed by atoms with Crippen LogP contribution in [0, 0.1) is 5.82 Å². The molecule has 1 aromatic carbocycles. The van der Waals surface area contributed by atoms with Gasteiger partial charge in [0.25, 0.3) is 0 Å². The van der Waals surface area contributed by atoms with Gasteiger partial charge >= 0.3 is 0 Å². The number of aldehydes is 1. The minimum absolute atomic E-state index is 0.0958. The Morgan fingerprint density at radius 3 is 2.67 bits per heavy atom. The Kier molecular flexibility index (Phi) is 2.67. The zero-order valence-corrected chi connectivity index (χ0v) is 9.77. The second-order valence-corrected chi connectivity index (χ2v) is 4.56. The maximum Gasteiger partial charge on any atom is 0.153 e. The summed E-state index contributed by atoms with van der Waals surface area (Å²) in [4.78, 5) is 15.3. The summed E-state index contributed by atoms with van der Waals surface area (Å²) in [5.74, 6) is 0.103. The molecule has 0 bridgehead atoms. The number of pyridine rings is 1. The predicted molar refractivity (Wildman–Crippen MR) is 67.0 cm³/mol. The van der Waals surface area contributed by atoms with E-state index in [2.05, 4.69) is 4.98 Å². The van der Waals surface area contributed by atoms with Gasteiger partial charge in [0.2, 0.25) is 0 Å². The Morgan fingerprint density at radius 1 is 1.22 bits per heavy atom. The van der Waals surface area contributed by atoms with E-state index in [1.165, 1.54) is 18.9 Å². The van der Waals surface area contributed by atoms with Crippen molar-refractivity contribution in [1.29, 1.82) is 0 Å². The van der Waals surface area contributed by atoms with Gasteiger partial charge in [0, 0.05) is 23.4 Å². The first-order valence-electron chi connectivity index (χ1n) is 5.99. The fourth-order valence-corrected chi connectivity index (χ4v) is 2.09. The van der Waals surface area contributed by atoms with E-state index in [1.54, 1.807) is 18.3 Å². The predicted octanol–water partition coefficient (Wildman–Crippen LogP) is 3.58. The molecule has 1 aromatic heterocycles. The normalized spacial score (nSPS) is 14.5. The molecule has 0 atom stereocenters. The van der Waals surface area contributed by atoms with E-state index in [-0.39, 0.29) is 5.56 Å². The van der Waals surface area contributed by atoms with Gasteiger partial charge in [-0.25, -0.2) is 4.39 Å². The lowest BCUT2D eigenvalue weighted by Gasteiger charge is -2.06. The van der Waals surface area contributed by atoms with Crippen molar-refractivity contribution in [3.63, 3.8) is 0 Å². The van der Waals surface area contributed by atoms with Crippen LogP contribution in [0.15, 0.2) is 36.5 Å². The van der Waals surface area contributed by atoms with Crippen LogP contribution >= 0.6 is 0 Å². The molecule has 1 heterocycles. The molecule has 1 saturated carbocycles. The lowest BCUT2D eigenvalue weighted by Crippen LogP contribution is -1.94. The Balaban J connectivity index is 2.03. The van der Waals surface area contributed by atoms with Crippen molar-refractivity contribution in [3.05, 3.63) is 53.6 Å². The molecule has 0 aliphatic heterocycles. The molecule has 90 valence electrons. The van der Waals surface area contributed by atoms with Crippen LogP contribution in [0.3, 0.4) is 0 Å². The summed E-state index contributed by atoms with van der Waals surface area (Å²) >= 11 is 0. The number of carbonyl (C=O) groups excluding carboxylic acids is 1. The zero-order valence-electron chi connectivity index (χ0n) is 9.77. The molecule has 3 heteroatoms. The zero-order chi connectivity index (χ0) is 12.5. The largest absolute Gasteiger partial charge is 0.298 e. The number of nitrogens with zero attached hydrogens (tertiary/aromatic N) is 1. The Labute approximate surface area is 104 Å². The fraction of sp³-hybridized carbons (Fsp3) is 0.200. The maximum atomic E-state index is 13.5. The maximum absolute atomic E-state index is 13.5. The quantitative estimate of drug-likeness (QED) is 0.769. The Morgan fingerprint density at radius 2 is 2.06 bits per heavy atom. The van der Waals surface area contributed by atoms with Gasteiger partial charge in [0.15, 0.2) is 6.29 Å². The van der Waals surface area contributed by atoms with Gasteiger partial charge < -0.3 is 0 Å². The monoisotopic (exact) mass is 241 g/mol. The highest BCUT2D eigenvalue weighted by molar-refractivity contribution is 5.87. The molecule has 2 nitrogen and oxygen atoms in total. The van der Waals surface area contributed by atoms with Crippen LogP contribution in [0.5, 0.6) is 0 Å². The third-order valence-corrected chi connectivity index (χ3v) is 3.26. The molecule has 0 N–H and O–H groups in total. The molecule has 0 amide bonds. The topological polar surface area (TPSA) is 30.0 Å². The molecule has 18 heavy (non-hydrogen) atoms. The lowest BCUT2D eigenvalue weighted by atomic mass is 10.0. The first kappa shape index (κ1) is 11.1. The summed E-state index contributed by atoms with van der Waals surface area (Å²) < 4.78 is 13.5. The van der Waals surface area contributed by atoms with Crippen molar-refractivity contribution in [2.45, 2.75) is 18.8 Å². The van der Waals surface area contributed by atoms with Crippen LogP contribution in [0.4, 0.5) is 4.39 Å². The van der Waals surface area contributed by atoms with Crippen molar-refractivity contribution in [1.82, 2.24) is 4.98 Å². The average Bonchev–Trinajstić information content (AvgIpc) is 3.23. The molecule has 0 unspecified atom stereocenters. The van der Waals surface area contributed by atoms with E-state index in [1.807, 2.05) is 12.1 Å². The van der Waals surface area contributed by atoms with Gasteiger partial charge in [0.05, 0.1) is 5.56 Å². The lowest BCUT2D eigenvalue weighted by molar-refractivity contribution is 0.112. The molecular weight excluding hydrogens is 229 g/mol. The smallest absolute Gasteiger partial charge is 0.153 e. The third kappa shape index (κ3) is 1.92. The molecule has 0 radical (unpaired) electrons. The Hall–Kier alpha value is -2.03. The molecule has 1 aliphatic rings. The van der Waals surface area contributed by atoms with Crippen LogP contribution in [-0.4, -0.2) is 11.3 Å². The van der Waals surface area contributed by atoms with Crippen molar-refractivity contribution in [3.8, 4) is 11.1 Å². The standard InChI is InChI=1S/C15H12FNO/c16-14-3-1-2-12(13(14)9-18)11-6-7-15(17-8-11)10-4-5-10/h1-3,6-10H,4-5H2. The van der Waals surface area contributed by atoms with E-state index in [9.17, 15) is 9.18 Å². The average molecular weight is 241 g/mol. The minimum Gasteiger partial charge on any atom is -0.298 e. The summed E-state index contributed by atoms with van der Waals surface area (Å²) in [6.45, 7) is 0. The first-order chi connectivity index (χ1) is 8.79. The van der Waals surface area contributed by atoms with Crippen LogP contribution < -0.4 is 0 Å². The molecular formula is C15H12FNO. The minimum atomic E-state index is -0.492. The van der Waals surface area contributed by atoms with Gasteiger partial charge in [-0.05, 0) is 30.5 Å². The summed E-state index contributed by atoms with van der Waals surface area (Å²) in [6.07, 6.45) is 4.67. The number of rotatable bonds is 3. The van der Waals surface area contributed by atoms with Gasteiger partial charge in [0.1, 0.15) is 5.82 Å². The van der Waals surface area contributed by atoms with Gasteiger partial charge in [-0.15, -0.1) is 0 Å². The molecule has 3 rings (SSSR count). The molecule has 1 fully saturated rings. The summed E-state index contributed by atoms with van der Waals surface area (Å²) in [6, 6.07) is 8.50. The van der Waals surface area contributed by atoms with E-state index < -0.39 is 5.82 Å². The third-order valence-electron chi connectivity index (χ3n) is 3.26. The van der Waals surface area contributed by atoms with Crippen molar-refractivity contribution in [2.75, 3.05) is 0 Å². The first-order valence-corrected chi connectivity index (χ1v) is 5.99. The second kappa shape index (κ2) is 4.33. The highest BCUT2D eigenvalue weighted by Crippen LogP contribution is 2.39. The number of halogens is 1. The SMILES string of the molecule is O=Cc1c(F)cccc1-c1ccc(C2CC2)nc1. The highest BCUT2D eigenvalue weighted by Gasteiger charge is 2.24. The summed E-state index contributed by atoms with van der Waals surface area (Å²) in [5.41, 5.74) is 2.56. The number of aromatic nitrogens is 1. The molecule has 0 spiro atoms. The number of benzene rings is 1. The van der Waals surface area contributed by atoms with Crippen LogP contribution in [0.1, 0.15) is 34.8 Å². The van der Waals surface area contributed by atoms with Gasteiger partial charge in [-0.3, -0.25) is 9.78 Å².